The third-order valence-electron chi connectivity index (χ3n) is 4.16. The minimum Gasteiger partial charge on any atom is -0.389 e. The lowest BCUT2D eigenvalue weighted by molar-refractivity contribution is 0.341. The van der Waals surface area contributed by atoms with Crippen LogP contribution >= 0.6 is 28.1 Å². The standard InChI is InChI=1S/C15H21BrN2S/c1-10-3-5-11(6-4-10)18(2)12-7-8-13(15(17)19)14(16)9-12/h7-11H,3-6H2,1-2H3,(H2,17,19). The van der Waals surface area contributed by atoms with Crippen LogP contribution in [0.15, 0.2) is 22.7 Å². The molecule has 4 heteroatoms. The lowest BCUT2D eigenvalue weighted by Crippen LogP contribution is -2.34. The maximum Gasteiger partial charge on any atom is 0.105 e. The Kier molecular flexibility index (Phi) is 4.85. The molecule has 19 heavy (non-hydrogen) atoms. The number of hydrogen-bond acceptors (Lipinski definition) is 2. The van der Waals surface area contributed by atoms with Crippen LogP contribution in [0.1, 0.15) is 38.2 Å². The van der Waals surface area contributed by atoms with Crippen molar-refractivity contribution < 1.29 is 0 Å². The van der Waals surface area contributed by atoms with Gasteiger partial charge < -0.3 is 10.6 Å². The Morgan fingerprint density at radius 3 is 2.47 bits per heavy atom. The number of benzene rings is 1. The zero-order valence-corrected chi connectivity index (χ0v) is 13.9. The number of rotatable bonds is 3. The molecule has 0 heterocycles. The summed E-state index contributed by atoms with van der Waals surface area (Å²) in [6.45, 7) is 2.35. The molecule has 0 aromatic heterocycles. The van der Waals surface area contributed by atoms with Gasteiger partial charge in [0.15, 0.2) is 0 Å². The van der Waals surface area contributed by atoms with Crippen molar-refractivity contribution >= 4 is 38.8 Å². The molecule has 1 aromatic rings. The second-order valence-corrected chi connectivity index (χ2v) is 6.85. The summed E-state index contributed by atoms with van der Waals surface area (Å²) in [4.78, 5) is 2.83. The first-order valence-corrected chi connectivity index (χ1v) is 8.01. The Balaban J connectivity index is 2.13. The molecule has 1 saturated carbocycles. The summed E-state index contributed by atoms with van der Waals surface area (Å²) in [7, 11) is 2.18. The van der Waals surface area contributed by atoms with Gasteiger partial charge in [-0.1, -0.05) is 19.1 Å². The van der Waals surface area contributed by atoms with E-state index in [1.54, 1.807) is 0 Å². The number of nitrogens with two attached hydrogens (primary N) is 1. The van der Waals surface area contributed by atoms with Gasteiger partial charge in [0.05, 0.1) is 0 Å². The average Bonchev–Trinajstić information content (AvgIpc) is 2.38. The quantitative estimate of drug-likeness (QED) is 0.840. The second kappa shape index (κ2) is 6.23. The summed E-state index contributed by atoms with van der Waals surface area (Å²) < 4.78 is 0.980. The maximum absolute atomic E-state index is 5.69. The molecule has 0 spiro atoms. The van der Waals surface area contributed by atoms with Crippen LogP contribution < -0.4 is 10.6 Å². The van der Waals surface area contributed by atoms with Gasteiger partial charge in [-0.2, -0.15) is 0 Å². The Morgan fingerprint density at radius 1 is 1.32 bits per heavy atom. The first-order valence-electron chi connectivity index (χ1n) is 6.81. The predicted octanol–water partition coefficient (Wildman–Crippen LogP) is 4.10. The largest absolute Gasteiger partial charge is 0.389 e. The fraction of sp³-hybridized carbons (Fsp3) is 0.533. The number of nitrogens with zero attached hydrogens (tertiary/aromatic N) is 1. The molecule has 1 aliphatic carbocycles. The van der Waals surface area contributed by atoms with E-state index in [-0.39, 0.29) is 0 Å². The molecule has 104 valence electrons. The monoisotopic (exact) mass is 340 g/mol. The zero-order valence-electron chi connectivity index (χ0n) is 11.5. The van der Waals surface area contributed by atoms with Crippen molar-refractivity contribution in [1.29, 1.82) is 0 Å². The van der Waals surface area contributed by atoms with Gasteiger partial charge in [-0.15, -0.1) is 0 Å². The van der Waals surface area contributed by atoms with Crippen LogP contribution in [0, 0.1) is 5.92 Å². The third-order valence-corrected chi connectivity index (χ3v) is 5.03. The molecule has 0 unspecified atom stereocenters. The van der Waals surface area contributed by atoms with Crippen LogP contribution in [0.3, 0.4) is 0 Å². The molecule has 2 N–H and O–H groups in total. The van der Waals surface area contributed by atoms with Crippen LogP contribution in [-0.4, -0.2) is 18.1 Å². The molecule has 1 aromatic carbocycles. The van der Waals surface area contributed by atoms with Crippen LogP contribution in [0.5, 0.6) is 0 Å². The van der Waals surface area contributed by atoms with Gasteiger partial charge >= 0.3 is 0 Å². The van der Waals surface area contributed by atoms with E-state index in [1.165, 1.54) is 31.4 Å². The van der Waals surface area contributed by atoms with E-state index < -0.39 is 0 Å². The van der Waals surface area contributed by atoms with E-state index in [1.807, 2.05) is 6.07 Å². The van der Waals surface area contributed by atoms with E-state index in [0.717, 1.165) is 16.0 Å². The zero-order chi connectivity index (χ0) is 14.0. The Bertz CT molecular complexity index is 467. The summed E-state index contributed by atoms with van der Waals surface area (Å²) in [5, 5.41) is 0. The van der Waals surface area contributed by atoms with Crippen molar-refractivity contribution in [3.8, 4) is 0 Å². The average molecular weight is 341 g/mol. The molecule has 0 amide bonds. The van der Waals surface area contributed by atoms with Gasteiger partial charge in [0.25, 0.3) is 0 Å². The van der Waals surface area contributed by atoms with E-state index in [9.17, 15) is 0 Å². The first-order chi connectivity index (χ1) is 8.99. The summed E-state index contributed by atoms with van der Waals surface area (Å²) in [6.07, 6.45) is 5.24. The molecular weight excluding hydrogens is 320 g/mol. The number of hydrogen-bond donors (Lipinski definition) is 1. The van der Waals surface area contributed by atoms with Gasteiger partial charge in [-0.25, -0.2) is 0 Å². The van der Waals surface area contributed by atoms with Crippen molar-refractivity contribution in [3.05, 3.63) is 28.2 Å². The molecule has 1 fully saturated rings. The Labute approximate surface area is 129 Å². The normalized spacial score (nSPS) is 23.1. The van der Waals surface area contributed by atoms with E-state index in [2.05, 4.69) is 46.9 Å². The molecular formula is C15H21BrN2S. The Morgan fingerprint density at radius 2 is 1.95 bits per heavy atom. The van der Waals surface area contributed by atoms with Crippen LogP contribution in [0.4, 0.5) is 5.69 Å². The lowest BCUT2D eigenvalue weighted by atomic mass is 9.86. The summed E-state index contributed by atoms with van der Waals surface area (Å²) in [5.74, 6) is 0.883. The van der Waals surface area contributed by atoms with Crippen molar-refractivity contribution in [3.63, 3.8) is 0 Å². The molecule has 0 bridgehead atoms. The predicted molar refractivity (Wildman–Crippen MR) is 89.9 cm³/mol. The highest BCUT2D eigenvalue weighted by atomic mass is 79.9. The van der Waals surface area contributed by atoms with Crippen molar-refractivity contribution in [1.82, 2.24) is 0 Å². The molecule has 0 aliphatic heterocycles. The van der Waals surface area contributed by atoms with E-state index >= 15 is 0 Å². The second-order valence-electron chi connectivity index (χ2n) is 5.55. The van der Waals surface area contributed by atoms with Gasteiger partial charge in [0.1, 0.15) is 4.99 Å². The lowest BCUT2D eigenvalue weighted by Gasteiger charge is -2.35. The number of halogens is 1. The molecule has 2 rings (SSSR count). The Hall–Kier alpha value is -0.610. The van der Waals surface area contributed by atoms with Crippen molar-refractivity contribution in [2.75, 3.05) is 11.9 Å². The fourth-order valence-corrected chi connectivity index (χ4v) is 3.65. The number of thiocarbonyl (C=S) groups is 1. The van der Waals surface area contributed by atoms with E-state index in [0.29, 0.717) is 11.0 Å². The summed E-state index contributed by atoms with van der Waals surface area (Å²) >= 11 is 8.59. The smallest absolute Gasteiger partial charge is 0.105 e. The van der Waals surface area contributed by atoms with Crippen molar-refractivity contribution in [2.45, 2.75) is 38.6 Å². The molecule has 0 atom stereocenters. The SMILES string of the molecule is CC1CCC(N(C)c2ccc(C(N)=S)c(Br)c2)CC1. The summed E-state index contributed by atoms with van der Waals surface area (Å²) in [5.41, 5.74) is 7.82. The first kappa shape index (κ1) is 14.8. The molecule has 2 nitrogen and oxygen atoms in total. The fourth-order valence-electron chi connectivity index (χ4n) is 2.76. The number of anilines is 1. The molecule has 0 radical (unpaired) electrons. The topological polar surface area (TPSA) is 29.3 Å². The van der Waals surface area contributed by atoms with Crippen LogP contribution in [-0.2, 0) is 0 Å². The van der Waals surface area contributed by atoms with Gasteiger partial charge in [-0.3, -0.25) is 0 Å². The molecule has 1 aliphatic rings. The highest BCUT2D eigenvalue weighted by Gasteiger charge is 2.22. The highest BCUT2D eigenvalue weighted by Crippen LogP contribution is 2.31. The minimum atomic E-state index is 0.438. The highest BCUT2D eigenvalue weighted by molar-refractivity contribution is 9.10. The van der Waals surface area contributed by atoms with Crippen molar-refractivity contribution in [2.24, 2.45) is 11.7 Å². The molecule has 0 saturated heterocycles. The van der Waals surface area contributed by atoms with E-state index in [4.69, 9.17) is 18.0 Å². The summed E-state index contributed by atoms with van der Waals surface area (Å²) in [6, 6.07) is 6.88. The van der Waals surface area contributed by atoms with Gasteiger partial charge in [-0.05, 0) is 65.7 Å². The van der Waals surface area contributed by atoms with Gasteiger partial charge in [0, 0.05) is 28.8 Å². The van der Waals surface area contributed by atoms with Crippen LogP contribution in [0.2, 0.25) is 0 Å². The third kappa shape index (κ3) is 3.48. The minimum absolute atomic E-state index is 0.438. The van der Waals surface area contributed by atoms with Crippen LogP contribution in [0.25, 0.3) is 0 Å². The maximum atomic E-state index is 5.69. The van der Waals surface area contributed by atoms with Gasteiger partial charge in [0.2, 0.25) is 0 Å².